The van der Waals surface area contributed by atoms with Gasteiger partial charge in [0.05, 0.1) is 13.7 Å². The minimum atomic E-state index is 0.489. The molecule has 0 saturated carbocycles. The van der Waals surface area contributed by atoms with E-state index in [1.54, 1.807) is 7.11 Å². The number of amidine groups is 1. The first-order chi connectivity index (χ1) is 10.7. The summed E-state index contributed by atoms with van der Waals surface area (Å²) < 4.78 is 10.8. The molecule has 0 bridgehead atoms. The van der Waals surface area contributed by atoms with Gasteiger partial charge >= 0.3 is 0 Å². The van der Waals surface area contributed by atoms with Crippen LogP contribution in [0.3, 0.4) is 0 Å². The highest BCUT2D eigenvalue weighted by Crippen LogP contribution is 2.21. The number of nitrogens with zero attached hydrogens (tertiary/aromatic N) is 2. The normalized spacial score (nSPS) is 17.8. The van der Waals surface area contributed by atoms with Crippen molar-refractivity contribution in [3.05, 3.63) is 29.8 Å². The summed E-state index contributed by atoms with van der Waals surface area (Å²) in [6.45, 7) is 3.28. The molecular formula is C16H25N3O2S. The number of benzene rings is 1. The number of thioether (sulfide) groups is 1. The van der Waals surface area contributed by atoms with Gasteiger partial charge in [-0.1, -0.05) is 12.1 Å². The predicted molar refractivity (Wildman–Crippen MR) is 92.9 cm³/mol. The molecule has 2 rings (SSSR count). The maximum atomic E-state index is 5.60. The fraction of sp³-hybridized carbons (Fsp3) is 0.562. The lowest BCUT2D eigenvalue weighted by Crippen LogP contribution is -2.39. The molecule has 1 aromatic rings. The van der Waals surface area contributed by atoms with Gasteiger partial charge < -0.3 is 19.7 Å². The van der Waals surface area contributed by atoms with Crippen molar-refractivity contribution in [3.8, 4) is 5.75 Å². The molecule has 1 atom stereocenters. The third kappa shape index (κ3) is 5.77. The van der Waals surface area contributed by atoms with Crippen LogP contribution in [0.2, 0.25) is 0 Å². The van der Waals surface area contributed by atoms with E-state index < -0.39 is 0 Å². The van der Waals surface area contributed by atoms with E-state index in [0.717, 1.165) is 31.1 Å². The van der Waals surface area contributed by atoms with Gasteiger partial charge in [0.2, 0.25) is 0 Å². The fourth-order valence-electron chi connectivity index (χ4n) is 1.98. The summed E-state index contributed by atoms with van der Waals surface area (Å²) in [5, 5.41) is 3.76. The van der Waals surface area contributed by atoms with Gasteiger partial charge in [-0.25, -0.2) is 4.99 Å². The quantitative estimate of drug-likeness (QED) is 0.829. The average Bonchev–Trinajstić information content (AvgIpc) is 2.54. The van der Waals surface area contributed by atoms with E-state index in [-0.39, 0.29) is 0 Å². The molecule has 0 spiro atoms. The van der Waals surface area contributed by atoms with E-state index in [9.17, 15) is 0 Å². The van der Waals surface area contributed by atoms with Crippen molar-refractivity contribution in [1.82, 2.24) is 10.2 Å². The first-order valence-electron chi connectivity index (χ1n) is 7.48. The molecule has 1 aliphatic heterocycles. The molecule has 1 heterocycles. The Balaban J connectivity index is 1.69. The maximum Gasteiger partial charge on any atom is 0.284 e. The summed E-state index contributed by atoms with van der Waals surface area (Å²) >= 11 is 1.92. The first-order valence-corrected chi connectivity index (χ1v) is 8.52. The molecule has 0 saturated heterocycles. The highest BCUT2D eigenvalue weighted by molar-refractivity contribution is 7.99. The monoisotopic (exact) mass is 323 g/mol. The van der Waals surface area contributed by atoms with Crippen molar-refractivity contribution in [2.45, 2.75) is 11.0 Å². The molecular weight excluding hydrogens is 298 g/mol. The zero-order valence-electron chi connectivity index (χ0n) is 13.5. The Hall–Kier alpha value is -1.40. The molecule has 122 valence electrons. The summed E-state index contributed by atoms with van der Waals surface area (Å²) in [4.78, 5) is 6.57. The summed E-state index contributed by atoms with van der Waals surface area (Å²) in [5.41, 5.74) is 1.31. The van der Waals surface area contributed by atoms with E-state index in [2.05, 4.69) is 27.3 Å². The van der Waals surface area contributed by atoms with Gasteiger partial charge in [0.25, 0.3) is 6.02 Å². The van der Waals surface area contributed by atoms with Crippen molar-refractivity contribution in [2.24, 2.45) is 4.99 Å². The molecule has 0 radical (unpaired) electrons. The molecule has 1 aliphatic rings. The first kappa shape index (κ1) is 17.0. The Bertz CT molecular complexity index is 477. The molecule has 6 heteroatoms. The predicted octanol–water partition coefficient (Wildman–Crippen LogP) is 1.83. The van der Waals surface area contributed by atoms with Crippen molar-refractivity contribution < 1.29 is 9.47 Å². The third-order valence-electron chi connectivity index (χ3n) is 3.34. The lowest BCUT2D eigenvalue weighted by atomic mass is 10.2. The molecule has 1 aromatic carbocycles. The van der Waals surface area contributed by atoms with E-state index in [1.165, 1.54) is 5.56 Å². The molecule has 0 fully saturated rings. The highest BCUT2D eigenvalue weighted by Gasteiger charge is 2.16. The number of rotatable bonds is 7. The maximum absolute atomic E-state index is 5.60. The zero-order chi connectivity index (χ0) is 15.8. The SMILES string of the molecule is COc1ccc(CSC2CN=C(OCCN(C)C)NC2)cc1. The number of methoxy groups -OCH3 is 1. The topological polar surface area (TPSA) is 46.1 Å². The van der Waals surface area contributed by atoms with Crippen LogP contribution in [-0.4, -0.2) is 63.6 Å². The van der Waals surface area contributed by atoms with Crippen molar-refractivity contribution >= 4 is 17.8 Å². The van der Waals surface area contributed by atoms with E-state index in [4.69, 9.17) is 9.47 Å². The van der Waals surface area contributed by atoms with Crippen LogP contribution >= 0.6 is 11.8 Å². The molecule has 0 amide bonds. The van der Waals surface area contributed by atoms with Gasteiger partial charge in [0.15, 0.2) is 0 Å². The van der Waals surface area contributed by atoms with Crippen LogP contribution in [0.5, 0.6) is 5.75 Å². The van der Waals surface area contributed by atoms with Crippen LogP contribution in [-0.2, 0) is 10.5 Å². The van der Waals surface area contributed by atoms with Crippen LogP contribution in [0.4, 0.5) is 0 Å². The van der Waals surface area contributed by atoms with Gasteiger partial charge in [-0.3, -0.25) is 0 Å². The Morgan fingerprint density at radius 2 is 2.09 bits per heavy atom. The van der Waals surface area contributed by atoms with E-state index >= 15 is 0 Å². The van der Waals surface area contributed by atoms with Gasteiger partial charge in [0, 0.05) is 24.1 Å². The lowest BCUT2D eigenvalue weighted by molar-refractivity contribution is 0.239. The highest BCUT2D eigenvalue weighted by atomic mass is 32.2. The third-order valence-corrected chi connectivity index (χ3v) is 4.63. The number of likely N-dealkylation sites (N-methyl/N-ethyl adjacent to an activating group) is 1. The van der Waals surface area contributed by atoms with Gasteiger partial charge in [-0.15, -0.1) is 11.8 Å². The van der Waals surface area contributed by atoms with E-state index in [0.29, 0.717) is 17.9 Å². The minimum absolute atomic E-state index is 0.489. The summed E-state index contributed by atoms with van der Waals surface area (Å²) in [7, 11) is 5.75. The number of aliphatic imine (C=N–C) groups is 1. The Labute approximate surface area is 137 Å². The molecule has 0 aliphatic carbocycles. The molecule has 22 heavy (non-hydrogen) atoms. The van der Waals surface area contributed by atoms with Crippen molar-refractivity contribution in [2.75, 3.05) is 47.4 Å². The van der Waals surface area contributed by atoms with Gasteiger partial charge in [-0.2, -0.15) is 0 Å². The Kier molecular flexibility index (Phi) is 6.86. The molecule has 1 N–H and O–H groups in total. The summed E-state index contributed by atoms with van der Waals surface area (Å²) in [6.07, 6.45) is 0. The van der Waals surface area contributed by atoms with Crippen molar-refractivity contribution in [1.29, 1.82) is 0 Å². The molecule has 5 nitrogen and oxygen atoms in total. The lowest BCUT2D eigenvalue weighted by Gasteiger charge is -2.23. The number of hydrogen-bond donors (Lipinski definition) is 1. The van der Waals surface area contributed by atoms with Crippen LogP contribution < -0.4 is 10.1 Å². The second-order valence-corrected chi connectivity index (χ2v) is 6.75. The number of hydrogen-bond acceptors (Lipinski definition) is 6. The summed E-state index contributed by atoms with van der Waals surface area (Å²) in [5.74, 6) is 1.89. The average molecular weight is 323 g/mol. The van der Waals surface area contributed by atoms with Crippen LogP contribution in [0.15, 0.2) is 29.3 Å². The van der Waals surface area contributed by atoms with Gasteiger partial charge in [0.1, 0.15) is 12.4 Å². The fourth-order valence-corrected chi connectivity index (χ4v) is 2.98. The molecule has 1 unspecified atom stereocenters. The standard InChI is InChI=1S/C16H25N3O2S/c1-19(2)8-9-21-16-17-10-15(11-18-16)22-12-13-4-6-14(20-3)7-5-13/h4-7,15H,8-12H2,1-3H3,(H,17,18). The largest absolute Gasteiger partial charge is 0.497 e. The molecule has 0 aromatic heterocycles. The number of nitrogens with one attached hydrogen (secondary N) is 1. The summed E-state index contributed by atoms with van der Waals surface area (Å²) in [6, 6.07) is 8.92. The number of ether oxygens (including phenoxy) is 2. The smallest absolute Gasteiger partial charge is 0.284 e. The van der Waals surface area contributed by atoms with Crippen LogP contribution in [0, 0.1) is 0 Å². The van der Waals surface area contributed by atoms with Crippen molar-refractivity contribution in [3.63, 3.8) is 0 Å². The zero-order valence-corrected chi connectivity index (χ0v) is 14.4. The Morgan fingerprint density at radius 1 is 1.32 bits per heavy atom. The van der Waals surface area contributed by atoms with Crippen LogP contribution in [0.25, 0.3) is 0 Å². The Morgan fingerprint density at radius 3 is 2.68 bits per heavy atom. The van der Waals surface area contributed by atoms with Gasteiger partial charge in [-0.05, 0) is 31.8 Å². The second kappa shape index (κ2) is 8.90. The van der Waals surface area contributed by atoms with Crippen LogP contribution in [0.1, 0.15) is 5.56 Å². The second-order valence-electron chi connectivity index (χ2n) is 5.46. The van der Waals surface area contributed by atoms with E-state index in [1.807, 2.05) is 38.0 Å². The minimum Gasteiger partial charge on any atom is -0.497 e.